The molecule has 0 saturated carbocycles. The van der Waals surface area contributed by atoms with Crippen molar-refractivity contribution < 1.29 is 19.8 Å². The Hall–Kier alpha value is -1.06. The second-order valence-corrected chi connectivity index (χ2v) is 8.62. The van der Waals surface area contributed by atoms with Crippen LogP contribution in [0.15, 0.2) is 0 Å². The Morgan fingerprint density at radius 2 is 0.893 bits per heavy atom. The molecule has 0 unspecified atom stereocenters. The zero-order valence-electron chi connectivity index (χ0n) is 19.0. The van der Waals surface area contributed by atoms with Gasteiger partial charge in [-0.2, -0.15) is 0 Å². The number of rotatable bonds is 19. The molecule has 0 atom stereocenters. The summed E-state index contributed by atoms with van der Waals surface area (Å²) in [4.78, 5) is 25.1. The van der Waals surface area contributed by atoms with Crippen LogP contribution in [-0.4, -0.2) is 22.2 Å². The molecule has 166 valence electrons. The summed E-state index contributed by atoms with van der Waals surface area (Å²) in [6, 6.07) is 0. The van der Waals surface area contributed by atoms with Crippen molar-refractivity contribution in [2.45, 2.75) is 130 Å². The summed E-state index contributed by atoms with van der Waals surface area (Å²) >= 11 is 0. The van der Waals surface area contributed by atoms with Crippen LogP contribution in [0.1, 0.15) is 130 Å². The van der Waals surface area contributed by atoms with Crippen LogP contribution in [0.25, 0.3) is 0 Å². The molecule has 0 aromatic rings. The minimum atomic E-state index is -1.66. The first kappa shape index (κ1) is 26.9. The van der Waals surface area contributed by atoms with Gasteiger partial charge >= 0.3 is 11.9 Å². The van der Waals surface area contributed by atoms with E-state index < -0.39 is 22.8 Å². The molecule has 0 amide bonds. The zero-order valence-corrected chi connectivity index (χ0v) is 19.0. The average molecular weight is 399 g/mol. The highest BCUT2D eigenvalue weighted by Crippen LogP contribution is 2.54. The Morgan fingerprint density at radius 3 is 1.32 bits per heavy atom. The fourth-order valence-corrected chi connectivity index (χ4v) is 4.76. The highest BCUT2D eigenvalue weighted by Gasteiger charge is 2.60. The van der Waals surface area contributed by atoms with Crippen molar-refractivity contribution in [3.63, 3.8) is 0 Å². The topological polar surface area (TPSA) is 74.6 Å². The van der Waals surface area contributed by atoms with Crippen LogP contribution in [0, 0.1) is 10.8 Å². The van der Waals surface area contributed by atoms with E-state index in [2.05, 4.69) is 20.8 Å². The van der Waals surface area contributed by atoms with E-state index in [1.54, 1.807) is 0 Å². The van der Waals surface area contributed by atoms with Crippen LogP contribution in [-0.2, 0) is 9.59 Å². The standard InChI is InChI=1S/C24H46O4/c1-5-9-13-14-15-16-19-23(17-10-6-2,18-11-7-3)24(21(25)26,22(27)28)20-12-8-4/h5-20H2,1-4H3,(H,25,26)(H,27,28). The fourth-order valence-electron chi connectivity index (χ4n) is 4.76. The Balaban J connectivity index is 5.84. The molecule has 0 fully saturated rings. The number of hydrogen-bond donors (Lipinski definition) is 2. The van der Waals surface area contributed by atoms with Gasteiger partial charge in [0.15, 0.2) is 5.41 Å². The Morgan fingerprint density at radius 1 is 0.536 bits per heavy atom. The van der Waals surface area contributed by atoms with Crippen molar-refractivity contribution in [1.82, 2.24) is 0 Å². The SMILES string of the molecule is CCCCCCCCC(CCCC)(CCCC)C(CCCC)(C(=O)O)C(=O)O. The van der Waals surface area contributed by atoms with Crippen molar-refractivity contribution >= 4 is 11.9 Å². The van der Waals surface area contributed by atoms with Crippen LogP contribution in [0.4, 0.5) is 0 Å². The fraction of sp³-hybridized carbons (Fsp3) is 0.917. The first-order chi connectivity index (χ1) is 13.4. The number of carbonyl (C=O) groups is 2. The molecular formula is C24H46O4. The van der Waals surface area contributed by atoms with Gasteiger partial charge in [0.1, 0.15) is 0 Å². The zero-order chi connectivity index (χ0) is 21.5. The van der Waals surface area contributed by atoms with Gasteiger partial charge in [0.25, 0.3) is 0 Å². The van der Waals surface area contributed by atoms with Crippen LogP contribution in [0.5, 0.6) is 0 Å². The molecule has 0 aliphatic heterocycles. The maximum Gasteiger partial charge on any atom is 0.321 e. The Labute approximate surface area is 173 Å². The quantitative estimate of drug-likeness (QED) is 0.175. The van der Waals surface area contributed by atoms with Crippen LogP contribution < -0.4 is 0 Å². The second kappa shape index (κ2) is 14.9. The number of aliphatic carboxylic acids is 2. The Kier molecular flexibility index (Phi) is 14.3. The summed E-state index contributed by atoms with van der Waals surface area (Å²) < 4.78 is 0. The van der Waals surface area contributed by atoms with Gasteiger partial charge in [0.05, 0.1) is 0 Å². The molecule has 0 radical (unpaired) electrons. The Bertz CT molecular complexity index is 408. The van der Waals surface area contributed by atoms with Crippen molar-refractivity contribution in [3.05, 3.63) is 0 Å². The van der Waals surface area contributed by atoms with Gasteiger partial charge in [-0.1, -0.05) is 105 Å². The molecular weight excluding hydrogens is 352 g/mol. The molecule has 0 bridgehead atoms. The lowest BCUT2D eigenvalue weighted by molar-refractivity contribution is -0.180. The van der Waals surface area contributed by atoms with E-state index in [0.717, 1.165) is 57.8 Å². The third-order valence-electron chi connectivity index (χ3n) is 6.57. The minimum Gasteiger partial charge on any atom is -0.480 e. The van der Waals surface area contributed by atoms with Gasteiger partial charge < -0.3 is 10.2 Å². The summed E-state index contributed by atoms with van der Waals surface area (Å²) in [6.45, 7) is 8.40. The summed E-state index contributed by atoms with van der Waals surface area (Å²) in [6.07, 6.45) is 14.4. The minimum absolute atomic E-state index is 0.247. The summed E-state index contributed by atoms with van der Waals surface area (Å²) in [5, 5.41) is 20.5. The van der Waals surface area contributed by atoms with Crippen LogP contribution in [0.2, 0.25) is 0 Å². The lowest BCUT2D eigenvalue weighted by Gasteiger charge is -2.46. The predicted molar refractivity (Wildman–Crippen MR) is 117 cm³/mol. The molecule has 0 aliphatic rings. The molecule has 0 aromatic heterocycles. The van der Waals surface area contributed by atoms with Gasteiger partial charge in [-0.15, -0.1) is 0 Å². The second-order valence-electron chi connectivity index (χ2n) is 8.62. The smallest absolute Gasteiger partial charge is 0.321 e. The third kappa shape index (κ3) is 7.40. The van der Waals surface area contributed by atoms with E-state index in [4.69, 9.17) is 0 Å². The van der Waals surface area contributed by atoms with Crippen molar-refractivity contribution in [1.29, 1.82) is 0 Å². The van der Waals surface area contributed by atoms with Gasteiger partial charge in [0.2, 0.25) is 0 Å². The van der Waals surface area contributed by atoms with Crippen LogP contribution in [0.3, 0.4) is 0 Å². The van der Waals surface area contributed by atoms with Crippen molar-refractivity contribution in [3.8, 4) is 0 Å². The first-order valence-corrected chi connectivity index (χ1v) is 11.8. The number of carboxylic acid groups (broad SMARTS) is 2. The molecule has 0 spiro atoms. The lowest BCUT2D eigenvalue weighted by atomic mass is 9.54. The summed E-state index contributed by atoms with van der Waals surface area (Å²) in [5.74, 6) is -2.24. The van der Waals surface area contributed by atoms with E-state index in [0.29, 0.717) is 19.3 Å². The lowest BCUT2D eigenvalue weighted by Crippen LogP contribution is -2.53. The summed E-state index contributed by atoms with van der Waals surface area (Å²) in [7, 11) is 0. The van der Waals surface area contributed by atoms with E-state index in [1.807, 2.05) is 6.92 Å². The van der Waals surface area contributed by atoms with Crippen LogP contribution >= 0.6 is 0 Å². The highest BCUT2D eigenvalue weighted by molar-refractivity contribution is 5.99. The summed E-state index contributed by atoms with van der Waals surface area (Å²) in [5.41, 5.74) is -2.30. The van der Waals surface area contributed by atoms with E-state index >= 15 is 0 Å². The monoisotopic (exact) mass is 398 g/mol. The highest BCUT2D eigenvalue weighted by atomic mass is 16.4. The molecule has 0 rings (SSSR count). The van der Waals surface area contributed by atoms with Gasteiger partial charge in [-0.3, -0.25) is 9.59 Å². The normalized spacial score (nSPS) is 12.3. The van der Waals surface area contributed by atoms with Gasteiger partial charge in [-0.05, 0) is 31.1 Å². The van der Waals surface area contributed by atoms with Crippen molar-refractivity contribution in [2.24, 2.45) is 10.8 Å². The molecule has 4 heteroatoms. The third-order valence-corrected chi connectivity index (χ3v) is 6.57. The molecule has 0 aromatic carbocycles. The molecule has 0 heterocycles. The van der Waals surface area contributed by atoms with Gasteiger partial charge in [0, 0.05) is 0 Å². The van der Waals surface area contributed by atoms with Crippen molar-refractivity contribution in [2.75, 3.05) is 0 Å². The van der Waals surface area contributed by atoms with E-state index in [9.17, 15) is 19.8 Å². The maximum atomic E-state index is 12.5. The molecule has 0 aliphatic carbocycles. The van der Waals surface area contributed by atoms with E-state index in [1.165, 1.54) is 19.3 Å². The maximum absolute atomic E-state index is 12.5. The predicted octanol–water partition coefficient (Wildman–Crippen LogP) is 7.45. The largest absolute Gasteiger partial charge is 0.480 e. The number of unbranched alkanes of at least 4 members (excludes halogenated alkanes) is 8. The van der Waals surface area contributed by atoms with E-state index in [-0.39, 0.29) is 6.42 Å². The first-order valence-electron chi connectivity index (χ1n) is 11.8. The van der Waals surface area contributed by atoms with Gasteiger partial charge in [-0.25, -0.2) is 0 Å². The number of carboxylic acids is 2. The molecule has 0 saturated heterocycles. The average Bonchev–Trinajstić information content (AvgIpc) is 2.66. The number of hydrogen-bond acceptors (Lipinski definition) is 2. The molecule has 2 N–H and O–H groups in total. The molecule has 4 nitrogen and oxygen atoms in total. The molecule has 28 heavy (non-hydrogen) atoms.